The van der Waals surface area contributed by atoms with Crippen molar-refractivity contribution >= 4 is 5.96 Å². The first kappa shape index (κ1) is 9.32. The highest BCUT2D eigenvalue weighted by atomic mass is 16.5. The van der Waals surface area contributed by atoms with E-state index in [-0.39, 0.29) is 0 Å². The second-order valence-corrected chi connectivity index (χ2v) is 2.84. The highest BCUT2D eigenvalue weighted by Gasteiger charge is 2.11. The molecule has 0 aromatic carbocycles. The molecule has 12 heavy (non-hydrogen) atoms. The SMILES string of the molecule is CCCN=C(N)N1CCOCC1. The van der Waals surface area contributed by atoms with Gasteiger partial charge in [0, 0.05) is 19.6 Å². The van der Waals surface area contributed by atoms with Crippen LogP contribution in [0.5, 0.6) is 0 Å². The number of aliphatic imine (C=N–C) groups is 1. The van der Waals surface area contributed by atoms with Gasteiger partial charge in [-0.25, -0.2) is 0 Å². The molecule has 1 heterocycles. The number of ether oxygens (including phenoxy) is 1. The Hall–Kier alpha value is -0.770. The molecule has 0 saturated carbocycles. The molecule has 4 heteroatoms. The highest BCUT2D eigenvalue weighted by Crippen LogP contribution is 1.95. The van der Waals surface area contributed by atoms with Crippen molar-refractivity contribution in [2.24, 2.45) is 10.7 Å². The van der Waals surface area contributed by atoms with Gasteiger partial charge in [-0.15, -0.1) is 0 Å². The largest absolute Gasteiger partial charge is 0.378 e. The van der Waals surface area contributed by atoms with Crippen molar-refractivity contribution in [1.29, 1.82) is 0 Å². The average Bonchev–Trinajstić information content (AvgIpc) is 2.15. The third kappa shape index (κ3) is 2.70. The Kier molecular flexibility index (Phi) is 3.87. The summed E-state index contributed by atoms with van der Waals surface area (Å²) in [6.45, 7) is 6.20. The molecule has 0 bridgehead atoms. The van der Waals surface area contributed by atoms with Gasteiger partial charge in [0.15, 0.2) is 5.96 Å². The summed E-state index contributed by atoms with van der Waals surface area (Å²) in [5.74, 6) is 0.667. The molecule has 2 N–H and O–H groups in total. The molecule has 0 spiro atoms. The first-order chi connectivity index (χ1) is 5.84. The van der Waals surface area contributed by atoms with Crippen molar-refractivity contribution in [2.45, 2.75) is 13.3 Å². The van der Waals surface area contributed by atoms with Crippen molar-refractivity contribution in [3.05, 3.63) is 0 Å². The Morgan fingerprint density at radius 2 is 2.17 bits per heavy atom. The van der Waals surface area contributed by atoms with Gasteiger partial charge in [-0.3, -0.25) is 4.99 Å². The van der Waals surface area contributed by atoms with E-state index in [2.05, 4.69) is 16.8 Å². The van der Waals surface area contributed by atoms with Crippen LogP contribution in [0.1, 0.15) is 13.3 Å². The summed E-state index contributed by atoms with van der Waals surface area (Å²) in [6, 6.07) is 0. The zero-order chi connectivity index (χ0) is 8.81. The third-order valence-electron chi connectivity index (χ3n) is 1.83. The summed E-state index contributed by atoms with van der Waals surface area (Å²) < 4.78 is 5.20. The lowest BCUT2D eigenvalue weighted by Crippen LogP contribution is -2.44. The Labute approximate surface area is 73.4 Å². The van der Waals surface area contributed by atoms with Gasteiger partial charge in [0.1, 0.15) is 0 Å². The monoisotopic (exact) mass is 171 g/mol. The predicted molar refractivity (Wildman–Crippen MR) is 49.2 cm³/mol. The number of nitrogens with two attached hydrogens (primary N) is 1. The van der Waals surface area contributed by atoms with E-state index in [9.17, 15) is 0 Å². The van der Waals surface area contributed by atoms with Crippen LogP contribution in [-0.4, -0.2) is 43.7 Å². The number of hydrogen-bond donors (Lipinski definition) is 1. The maximum absolute atomic E-state index is 5.75. The maximum Gasteiger partial charge on any atom is 0.191 e. The summed E-state index contributed by atoms with van der Waals surface area (Å²) >= 11 is 0. The molecule has 1 rings (SSSR count). The summed E-state index contributed by atoms with van der Waals surface area (Å²) in [5.41, 5.74) is 5.75. The predicted octanol–water partition coefficient (Wildman–Crippen LogP) is 0.0433. The van der Waals surface area contributed by atoms with E-state index in [0.717, 1.165) is 39.3 Å². The van der Waals surface area contributed by atoms with Crippen LogP contribution < -0.4 is 5.73 Å². The van der Waals surface area contributed by atoms with Crippen molar-refractivity contribution in [1.82, 2.24) is 4.90 Å². The minimum Gasteiger partial charge on any atom is -0.378 e. The number of hydrogen-bond acceptors (Lipinski definition) is 2. The maximum atomic E-state index is 5.75. The summed E-state index contributed by atoms with van der Waals surface area (Å²) in [7, 11) is 0. The van der Waals surface area contributed by atoms with Gasteiger partial charge in [0.05, 0.1) is 13.2 Å². The van der Waals surface area contributed by atoms with E-state index in [1.54, 1.807) is 0 Å². The fourth-order valence-electron chi connectivity index (χ4n) is 1.12. The molecule has 1 aliphatic heterocycles. The van der Waals surface area contributed by atoms with Gasteiger partial charge in [0.25, 0.3) is 0 Å². The lowest BCUT2D eigenvalue weighted by molar-refractivity contribution is 0.0674. The second kappa shape index (κ2) is 4.98. The van der Waals surface area contributed by atoms with Gasteiger partial charge in [-0.05, 0) is 6.42 Å². The first-order valence-electron chi connectivity index (χ1n) is 4.47. The molecule has 0 radical (unpaired) electrons. The summed E-state index contributed by atoms with van der Waals surface area (Å²) in [4.78, 5) is 6.30. The van der Waals surface area contributed by atoms with Crippen LogP contribution in [0.3, 0.4) is 0 Å². The fourth-order valence-corrected chi connectivity index (χ4v) is 1.12. The minimum atomic E-state index is 0.667. The van der Waals surface area contributed by atoms with Crippen molar-refractivity contribution < 1.29 is 4.74 Å². The van der Waals surface area contributed by atoms with Gasteiger partial charge in [-0.1, -0.05) is 6.92 Å². The topological polar surface area (TPSA) is 50.8 Å². The van der Waals surface area contributed by atoms with Crippen LogP contribution in [0.4, 0.5) is 0 Å². The quantitative estimate of drug-likeness (QED) is 0.471. The second-order valence-electron chi connectivity index (χ2n) is 2.84. The molecule has 70 valence electrons. The number of morpholine rings is 1. The van der Waals surface area contributed by atoms with Crippen LogP contribution >= 0.6 is 0 Å². The van der Waals surface area contributed by atoms with E-state index in [0.29, 0.717) is 5.96 Å². The zero-order valence-electron chi connectivity index (χ0n) is 7.62. The number of nitrogens with zero attached hydrogens (tertiary/aromatic N) is 2. The van der Waals surface area contributed by atoms with E-state index in [1.165, 1.54) is 0 Å². The molecule has 1 aliphatic rings. The molecule has 4 nitrogen and oxygen atoms in total. The van der Waals surface area contributed by atoms with Crippen LogP contribution in [0, 0.1) is 0 Å². The Bertz CT molecular complexity index is 152. The van der Waals surface area contributed by atoms with Crippen LogP contribution in [0.2, 0.25) is 0 Å². The molecule has 0 atom stereocenters. The van der Waals surface area contributed by atoms with Gasteiger partial charge in [-0.2, -0.15) is 0 Å². The van der Waals surface area contributed by atoms with Crippen molar-refractivity contribution in [2.75, 3.05) is 32.8 Å². The molecular weight excluding hydrogens is 154 g/mol. The van der Waals surface area contributed by atoms with Crippen LogP contribution in [0.25, 0.3) is 0 Å². The molecule has 0 aromatic rings. The highest BCUT2D eigenvalue weighted by molar-refractivity contribution is 5.78. The fraction of sp³-hybridized carbons (Fsp3) is 0.875. The Morgan fingerprint density at radius 3 is 2.75 bits per heavy atom. The standard InChI is InChI=1S/C8H17N3O/c1-2-3-10-8(9)11-4-6-12-7-5-11/h2-7H2,1H3,(H2,9,10). The Morgan fingerprint density at radius 1 is 1.50 bits per heavy atom. The van der Waals surface area contributed by atoms with E-state index >= 15 is 0 Å². The average molecular weight is 171 g/mol. The lowest BCUT2D eigenvalue weighted by Gasteiger charge is -2.27. The van der Waals surface area contributed by atoms with Gasteiger partial charge in [0.2, 0.25) is 0 Å². The molecule has 1 saturated heterocycles. The van der Waals surface area contributed by atoms with Gasteiger partial charge >= 0.3 is 0 Å². The van der Waals surface area contributed by atoms with Gasteiger partial charge < -0.3 is 15.4 Å². The third-order valence-corrected chi connectivity index (χ3v) is 1.83. The molecule has 0 aromatic heterocycles. The lowest BCUT2D eigenvalue weighted by atomic mass is 10.4. The van der Waals surface area contributed by atoms with E-state index in [4.69, 9.17) is 10.5 Å². The number of guanidine groups is 1. The molecule has 0 unspecified atom stereocenters. The smallest absolute Gasteiger partial charge is 0.191 e. The first-order valence-corrected chi connectivity index (χ1v) is 4.47. The van der Waals surface area contributed by atoms with E-state index < -0.39 is 0 Å². The summed E-state index contributed by atoms with van der Waals surface area (Å²) in [5, 5.41) is 0. The Balaban J connectivity index is 2.33. The van der Waals surface area contributed by atoms with Crippen molar-refractivity contribution in [3.63, 3.8) is 0 Å². The van der Waals surface area contributed by atoms with E-state index in [1.807, 2.05) is 0 Å². The molecular formula is C8H17N3O. The number of rotatable bonds is 2. The minimum absolute atomic E-state index is 0.667. The van der Waals surface area contributed by atoms with Crippen molar-refractivity contribution in [3.8, 4) is 0 Å². The van der Waals surface area contributed by atoms with Crippen LogP contribution in [0.15, 0.2) is 4.99 Å². The molecule has 0 amide bonds. The van der Waals surface area contributed by atoms with Crippen LogP contribution in [-0.2, 0) is 4.74 Å². The summed E-state index contributed by atoms with van der Waals surface area (Å²) in [6.07, 6.45) is 1.05. The molecule has 0 aliphatic carbocycles. The molecule has 1 fully saturated rings. The zero-order valence-corrected chi connectivity index (χ0v) is 7.62. The normalized spacial score (nSPS) is 19.8.